The van der Waals surface area contributed by atoms with E-state index in [-0.39, 0.29) is 11.4 Å². The van der Waals surface area contributed by atoms with Crippen molar-refractivity contribution in [2.45, 2.75) is 26.4 Å². The smallest absolute Gasteiger partial charge is 0.412 e. The molecular weight excluding hydrogens is 304 g/mol. The normalized spacial score (nSPS) is 10.9. The molecule has 0 unspecified atom stereocenters. The predicted molar refractivity (Wildman–Crippen MR) is 68.8 cm³/mol. The Hall–Kier alpha value is -1.63. The van der Waals surface area contributed by atoms with Crippen LogP contribution in [0.25, 0.3) is 0 Å². The predicted octanol–water partition coefficient (Wildman–Crippen LogP) is 2.89. The van der Waals surface area contributed by atoms with Crippen LogP contribution in [0.2, 0.25) is 0 Å². The highest BCUT2D eigenvalue weighted by molar-refractivity contribution is 9.10. The van der Waals surface area contributed by atoms with Gasteiger partial charge in [-0.15, -0.1) is 0 Å². The molecule has 0 aliphatic heterocycles. The van der Waals surface area contributed by atoms with Gasteiger partial charge in [0, 0.05) is 10.7 Å². The maximum Gasteiger partial charge on any atom is 0.412 e. The van der Waals surface area contributed by atoms with E-state index in [2.05, 4.69) is 26.2 Å². The number of carbonyl (C=O) groups excluding carboxylic acids is 1. The van der Waals surface area contributed by atoms with Crippen molar-refractivity contribution in [1.29, 1.82) is 0 Å². The van der Waals surface area contributed by atoms with Crippen LogP contribution in [0.5, 0.6) is 0 Å². The Balaban J connectivity index is 2.93. The molecule has 2 N–H and O–H groups in total. The number of hydrogen-bond acceptors (Lipinski definition) is 4. The number of aromatic carboxylic acids is 1. The number of carbonyl (C=O) groups is 2. The number of rotatable bonds is 2. The molecule has 1 heterocycles. The second-order valence-electron chi connectivity index (χ2n) is 4.48. The van der Waals surface area contributed by atoms with Crippen molar-refractivity contribution in [3.05, 3.63) is 22.4 Å². The lowest BCUT2D eigenvalue weighted by Crippen LogP contribution is -2.28. The first kappa shape index (κ1) is 14.4. The number of carboxylic acid groups (broad SMARTS) is 1. The molecule has 0 bridgehead atoms. The average Bonchev–Trinajstić information content (AvgIpc) is 2.13. The number of hydrogen-bond donors (Lipinski definition) is 2. The summed E-state index contributed by atoms with van der Waals surface area (Å²) in [7, 11) is 0. The Morgan fingerprint density at radius 2 is 2.06 bits per heavy atom. The minimum absolute atomic E-state index is 0.0751. The van der Waals surface area contributed by atoms with Crippen molar-refractivity contribution in [3.63, 3.8) is 0 Å². The molecular formula is C11H13BrN2O4. The minimum Gasteiger partial charge on any atom is -0.476 e. The van der Waals surface area contributed by atoms with E-state index in [0.717, 1.165) is 0 Å². The van der Waals surface area contributed by atoms with Gasteiger partial charge in [-0.3, -0.25) is 5.32 Å². The summed E-state index contributed by atoms with van der Waals surface area (Å²) in [5, 5.41) is 11.3. The van der Waals surface area contributed by atoms with Crippen molar-refractivity contribution in [3.8, 4) is 0 Å². The van der Waals surface area contributed by atoms with Gasteiger partial charge in [0.1, 0.15) is 5.60 Å². The third-order valence-electron chi connectivity index (χ3n) is 1.69. The van der Waals surface area contributed by atoms with Crippen LogP contribution in [-0.4, -0.2) is 27.8 Å². The van der Waals surface area contributed by atoms with Crippen molar-refractivity contribution in [1.82, 2.24) is 4.98 Å². The molecule has 6 nitrogen and oxygen atoms in total. The summed E-state index contributed by atoms with van der Waals surface area (Å²) in [6.45, 7) is 5.14. The van der Waals surface area contributed by atoms with Gasteiger partial charge in [0.15, 0.2) is 5.69 Å². The van der Waals surface area contributed by atoms with Gasteiger partial charge in [-0.25, -0.2) is 14.6 Å². The standard InChI is InChI=1S/C11H13BrN2O4/c1-11(2,3)18-10(17)14-7-4-6(12)5-13-8(7)9(15)16/h4-5H,1-3H3,(H,14,17)(H,15,16). The van der Waals surface area contributed by atoms with Gasteiger partial charge < -0.3 is 9.84 Å². The fourth-order valence-electron chi connectivity index (χ4n) is 1.12. The van der Waals surface area contributed by atoms with E-state index in [9.17, 15) is 9.59 Å². The van der Waals surface area contributed by atoms with E-state index in [1.807, 2.05) is 0 Å². The number of nitrogens with one attached hydrogen (secondary N) is 1. The maximum absolute atomic E-state index is 11.5. The lowest BCUT2D eigenvalue weighted by Gasteiger charge is -2.20. The summed E-state index contributed by atoms with van der Waals surface area (Å²) in [6.07, 6.45) is 0.605. The first-order valence-electron chi connectivity index (χ1n) is 5.08. The summed E-state index contributed by atoms with van der Waals surface area (Å²) in [5.41, 5.74) is -0.831. The summed E-state index contributed by atoms with van der Waals surface area (Å²) in [4.78, 5) is 26.2. The zero-order valence-corrected chi connectivity index (χ0v) is 11.7. The molecule has 18 heavy (non-hydrogen) atoms. The van der Waals surface area contributed by atoms with Crippen molar-refractivity contribution >= 4 is 33.7 Å². The molecule has 1 aromatic heterocycles. The number of amides is 1. The van der Waals surface area contributed by atoms with Crippen molar-refractivity contribution in [2.24, 2.45) is 0 Å². The highest BCUT2D eigenvalue weighted by Gasteiger charge is 2.19. The zero-order valence-electron chi connectivity index (χ0n) is 10.2. The zero-order chi connectivity index (χ0) is 13.9. The molecule has 1 amide bonds. The van der Waals surface area contributed by atoms with Gasteiger partial charge in [0.05, 0.1) is 5.69 Å². The van der Waals surface area contributed by atoms with E-state index in [4.69, 9.17) is 9.84 Å². The molecule has 0 radical (unpaired) electrons. The van der Waals surface area contributed by atoms with E-state index in [1.54, 1.807) is 20.8 Å². The van der Waals surface area contributed by atoms with Gasteiger partial charge in [-0.2, -0.15) is 0 Å². The largest absolute Gasteiger partial charge is 0.476 e. The highest BCUT2D eigenvalue weighted by Crippen LogP contribution is 2.20. The van der Waals surface area contributed by atoms with Gasteiger partial charge in [-0.05, 0) is 42.8 Å². The maximum atomic E-state index is 11.5. The fourth-order valence-corrected chi connectivity index (χ4v) is 1.45. The Labute approximate surface area is 112 Å². The van der Waals surface area contributed by atoms with E-state index >= 15 is 0 Å². The van der Waals surface area contributed by atoms with Gasteiger partial charge in [-0.1, -0.05) is 0 Å². The molecule has 0 aromatic carbocycles. The van der Waals surface area contributed by atoms with Crippen LogP contribution in [0.1, 0.15) is 31.3 Å². The van der Waals surface area contributed by atoms with Crippen molar-refractivity contribution in [2.75, 3.05) is 5.32 Å². The number of nitrogens with zero attached hydrogens (tertiary/aromatic N) is 1. The molecule has 0 atom stereocenters. The van der Waals surface area contributed by atoms with E-state index < -0.39 is 17.7 Å². The second-order valence-corrected chi connectivity index (χ2v) is 5.40. The summed E-state index contributed by atoms with van der Waals surface area (Å²) in [6, 6.07) is 1.44. The number of ether oxygens (including phenoxy) is 1. The molecule has 0 spiro atoms. The lowest BCUT2D eigenvalue weighted by atomic mass is 10.2. The number of carboxylic acids is 1. The monoisotopic (exact) mass is 316 g/mol. The molecule has 0 fully saturated rings. The molecule has 7 heteroatoms. The van der Waals surface area contributed by atoms with Crippen LogP contribution >= 0.6 is 15.9 Å². The Kier molecular flexibility index (Phi) is 4.28. The van der Waals surface area contributed by atoms with Crippen LogP contribution in [-0.2, 0) is 4.74 Å². The number of anilines is 1. The Bertz CT molecular complexity index is 482. The van der Waals surface area contributed by atoms with Crippen LogP contribution in [0.4, 0.5) is 10.5 Å². The summed E-state index contributed by atoms with van der Waals surface area (Å²) in [5.74, 6) is -1.23. The van der Waals surface area contributed by atoms with Crippen molar-refractivity contribution < 1.29 is 19.4 Å². The third-order valence-corrected chi connectivity index (χ3v) is 2.13. The minimum atomic E-state index is -1.23. The van der Waals surface area contributed by atoms with Crippen LogP contribution < -0.4 is 5.32 Å². The molecule has 0 saturated heterocycles. The average molecular weight is 317 g/mol. The number of aromatic nitrogens is 1. The SMILES string of the molecule is CC(C)(C)OC(=O)Nc1cc(Br)cnc1C(=O)O. The van der Waals surface area contributed by atoms with Gasteiger partial charge in [0.2, 0.25) is 0 Å². The van der Waals surface area contributed by atoms with E-state index in [0.29, 0.717) is 4.47 Å². The topological polar surface area (TPSA) is 88.5 Å². The van der Waals surface area contributed by atoms with Crippen LogP contribution in [0, 0.1) is 0 Å². The molecule has 1 aromatic rings. The third kappa shape index (κ3) is 4.33. The summed E-state index contributed by atoms with van der Waals surface area (Å²) >= 11 is 3.15. The molecule has 98 valence electrons. The molecule has 0 saturated carbocycles. The van der Waals surface area contributed by atoms with Crippen LogP contribution in [0.15, 0.2) is 16.7 Å². The number of pyridine rings is 1. The molecule has 0 aliphatic carbocycles. The lowest BCUT2D eigenvalue weighted by molar-refractivity contribution is 0.0636. The van der Waals surface area contributed by atoms with Gasteiger partial charge in [0.25, 0.3) is 0 Å². The van der Waals surface area contributed by atoms with E-state index in [1.165, 1.54) is 12.3 Å². The molecule has 0 aliphatic rings. The molecule has 1 rings (SSSR count). The van der Waals surface area contributed by atoms with Gasteiger partial charge >= 0.3 is 12.1 Å². The second kappa shape index (κ2) is 5.34. The highest BCUT2D eigenvalue weighted by atomic mass is 79.9. The summed E-state index contributed by atoms with van der Waals surface area (Å²) < 4.78 is 5.58. The van der Waals surface area contributed by atoms with Crippen LogP contribution in [0.3, 0.4) is 0 Å². The number of halogens is 1. The first-order chi connectivity index (χ1) is 8.19. The Morgan fingerprint density at radius 3 is 2.56 bits per heavy atom. The quantitative estimate of drug-likeness (QED) is 0.875. The first-order valence-corrected chi connectivity index (χ1v) is 5.87. The Morgan fingerprint density at radius 1 is 1.44 bits per heavy atom. The fraction of sp³-hybridized carbons (Fsp3) is 0.364.